The minimum Gasteiger partial charge on any atom is -0.466 e. The van der Waals surface area contributed by atoms with Crippen LogP contribution in [0, 0.1) is 11.8 Å². The second-order valence-electron chi connectivity index (χ2n) is 5.29. The van der Waals surface area contributed by atoms with Gasteiger partial charge in [-0.05, 0) is 19.3 Å². The Morgan fingerprint density at radius 2 is 2.44 bits per heavy atom. The lowest BCUT2D eigenvalue weighted by Crippen LogP contribution is -2.34. The molecule has 1 aromatic rings. The van der Waals surface area contributed by atoms with Gasteiger partial charge in [-0.25, -0.2) is 4.68 Å². The van der Waals surface area contributed by atoms with Crippen LogP contribution in [-0.4, -0.2) is 28.9 Å². The fraction of sp³-hybridized carbons (Fsp3) is 0.692. The normalized spacial score (nSPS) is 29.3. The number of carbonyl (C=O) groups is 1. The lowest BCUT2D eigenvalue weighted by molar-refractivity contribution is -0.148. The van der Waals surface area contributed by atoms with Crippen molar-refractivity contribution in [1.29, 1.82) is 0 Å². The molecule has 0 radical (unpaired) electrons. The third-order valence-corrected chi connectivity index (χ3v) is 3.83. The molecule has 0 spiro atoms. The topological polar surface area (TPSA) is 56.1 Å². The van der Waals surface area contributed by atoms with Crippen molar-refractivity contribution in [3.8, 4) is 0 Å². The molecule has 5 heteroatoms. The summed E-state index contributed by atoms with van der Waals surface area (Å²) in [4.78, 5) is 11.7. The SMILES string of the molecule is CCOC(=O)C1CNc2cc(C3CC3C)nn2C1. The van der Waals surface area contributed by atoms with Crippen LogP contribution < -0.4 is 5.32 Å². The maximum atomic E-state index is 11.7. The standard InChI is InChI=1S/C13H19N3O2/c1-3-18-13(17)9-6-14-12-5-11(10-4-8(10)2)15-16(12)7-9/h5,8-10,14H,3-4,6-7H2,1-2H3. The molecule has 3 atom stereocenters. The molecule has 0 amide bonds. The molecule has 0 aromatic carbocycles. The molecule has 1 aliphatic heterocycles. The Morgan fingerprint density at radius 3 is 3.11 bits per heavy atom. The van der Waals surface area contributed by atoms with E-state index < -0.39 is 0 Å². The van der Waals surface area contributed by atoms with Gasteiger partial charge in [0.15, 0.2) is 0 Å². The van der Waals surface area contributed by atoms with E-state index in [1.807, 2.05) is 11.6 Å². The Hall–Kier alpha value is -1.52. The van der Waals surface area contributed by atoms with E-state index >= 15 is 0 Å². The van der Waals surface area contributed by atoms with Crippen LogP contribution in [-0.2, 0) is 16.1 Å². The number of fused-ring (bicyclic) bond motifs is 1. The molecule has 18 heavy (non-hydrogen) atoms. The number of nitrogens with one attached hydrogen (secondary N) is 1. The summed E-state index contributed by atoms with van der Waals surface area (Å²) in [5.74, 6) is 2.15. The summed E-state index contributed by atoms with van der Waals surface area (Å²) in [6.07, 6.45) is 1.23. The fourth-order valence-corrected chi connectivity index (χ4v) is 2.55. The molecule has 98 valence electrons. The second kappa shape index (κ2) is 4.30. The number of hydrogen-bond donors (Lipinski definition) is 1. The summed E-state index contributed by atoms with van der Waals surface area (Å²) >= 11 is 0. The first-order valence-electron chi connectivity index (χ1n) is 6.67. The van der Waals surface area contributed by atoms with E-state index in [2.05, 4.69) is 23.4 Å². The van der Waals surface area contributed by atoms with Crippen molar-refractivity contribution in [3.05, 3.63) is 11.8 Å². The molecule has 1 fully saturated rings. The summed E-state index contributed by atoms with van der Waals surface area (Å²) in [6, 6.07) is 2.12. The molecule has 2 aliphatic rings. The molecular formula is C13H19N3O2. The van der Waals surface area contributed by atoms with E-state index in [4.69, 9.17) is 4.74 Å². The van der Waals surface area contributed by atoms with Gasteiger partial charge in [-0.2, -0.15) is 5.10 Å². The number of hydrogen-bond acceptors (Lipinski definition) is 4. The number of nitrogens with zero attached hydrogens (tertiary/aromatic N) is 2. The molecule has 1 aliphatic carbocycles. The van der Waals surface area contributed by atoms with Crippen molar-refractivity contribution in [2.24, 2.45) is 11.8 Å². The zero-order chi connectivity index (χ0) is 12.7. The highest BCUT2D eigenvalue weighted by Gasteiger charge is 2.37. The first-order chi connectivity index (χ1) is 8.69. The summed E-state index contributed by atoms with van der Waals surface area (Å²) in [6.45, 7) is 5.79. The van der Waals surface area contributed by atoms with E-state index in [-0.39, 0.29) is 11.9 Å². The van der Waals surface area contributed by atoms with Gasteiger partial charge in [0.05, 0.1) is 24.8 Å². The van der Waals surface area contributed by atoms with Crippen molar-refractivity contribution in [1.82, 2.24) is 9.78 Å². The van der Waals surface area contributed by atoms with E-state index in [0.717, 1.165) is 17.4 Å². The molecule has 5 nitrogen and oxygen atoms in total. The number of ether oxygens (including phenoxy) is 1. The Morgan fingerprint density at radius 1 is 1.67 bits per heavy atom. The van der Waals surface area contributed by atoms with Crippen LogP contribution in [0.3, 0.4) is 0 Å². The van der Waals surface area contributed by atoms with Crippen molar-refractivity contribution in [3.63, 3.8) is 0 Å². The van der Waals surface area contributed by atoms with Gasteiger partial charge in [-0.3, -0.25) is 4.79 Å². The van der Waals surface area contributed by atoms with Gasteiger partial charge in [-0.1, -0.05) is 6.92 Å². The molecule has 3 rings (SSSR count). The van der Waals surface area contributed by atoms with Gasteiger partial charge in [0.2, 0.25) is 0 Å². The first-order valence-corrected chi connectivity index (χ1v) is 6.67. The number of aromatic nitrogens is 2. The summed E-state index contributed by atoms with van der Waals surface area (Å²) in [5.41, 5.74) is 1.16. The van der Waals surface area contributed by atoms with E-state index in [0.29, 0.717) is 25.6 Å². The maximum Gasteiger partial charge on any atom is 0.312 e. The third-order valence-electron chi connectivity index (χ3n) is 3.83. The number of rotatable bonds is 3. The minimum absolute atomic E-state index is 0.123. The molecule has 3 unspecified atom stereocenters. The van der Waals surface area contributed by atoms with Crippen LogP contribution in [0.5, 0.6) is 0 Å². The average Bonchev–Trinajstić information content (AvgIpc) is 2.93. The summed E-state index contributed by atoms with van der Waals surface area (Å²) in [5, 5.41) is 7.87. The van der Waals surface area contributed by atoms with E-state index in [9.17, 15) is 4.79 Å². The Bertz CT molecular complexity index is 469. The molecule has 0 saturated heterocycles. The molecular weight excluding hydrogens is 230 g/mol. The lowest BCUT2D eigenvalue weighted by Gasteiger charge is -2.23. The van der Waals surface area contributed by atoms with Crippen LogP contribution in [0.1, 0.15) is 31.9 Å². The van der Waals surface area contributed by atoms with Gasteiger partial charge < -0.3 is 10.1 Å². The van der Waals surface area contributed by atoms with E-state index in [1.165, 1.54) is 6.42 Å². The number of anilines is 1. The van der Waals surface area contributed by atoms with Gasteiger partial charge in [0.25, 0.3) is 0 Å². The molecule has 0 bridgehead atoms. The Kier molecular flexibility index (Phi) is 2.76. The van der Waals surface area contributed by atoms with Crippen molar-refractivity contribution in [2.45, 2.75) is 32.7 Å². The van der Waals surface area contributed by atoms with Gasteiger partial charge in [0.1, 0.15) is 5.82 Å². The number of carbonyl (C=O) groups excluding carboxylic acids is 1. The van der Waals surface area contributed by atoms with Gasteiger partial charge in [0, 0.05) is 18.5 Å². The van der Waals surface area contributed by atoms with Crippen molar-refractivity contribution < 1.29 is 9.53 Å². The Balaban J connectivity index is 1.72. The molecule has 1 aromatic heterocycles. The molecule has 1 N–H and O–H groups in total. The number of esters is 1. The average molecular weight is 249 g/mol. The third kappa shape index (κ3) is 1.98. The first kappa shape index (κ1) is 11.6. The van der Waals surface area contributed by atoms with Gasteiger partial charge in [-0.15, -0.1) is 0 Å². The van der Waals surface area contributed by atoms with Crippen LogP contribution in [0.4, 0.5) is 5.82 Å². The fourth-order valence-electron chi connectivity index (χ4n) is 2.55. The highest BCUT2D eigenvalue weighted by atomic mass is 16.5. The monoisotopic (exact) mass is 249 g/mol. The lowest BCUT2D eigenvalue weighted by atomic mass is 10.1. The predicted octanol–water partition coefficient (Wildman–Crippen LogP) is 1.61. The predicted molar refractivity (Wildman–Crippen MR) is 67.4 cm³/mol. The quantitative estimate of drug-likeness (QED) is 0.827. The zero-order valence-electron chi connectivity index (χ0n) is 10.8. The van der Waals surface area contributed by atoms with Crippen LogP contribution in [0.25, 0.3) is 0 Å². The smallest absolute Gasteiger partial charge is 0.312 e. The zero-order valence-corrected chi connectivity index (χ0v) is 10.8. The van der Waals surface area contributed by atoms with Crippen LogP contribution >= 0.6 is 0 Å². The molecule has 2 heterocycles. The summed E-state index contributed by atoms with van der Waals surface area (Å²) in [7, 11) is 0. The largest absolute Gasteiger partial charge is 0.466 e. The molecule has 1 saturated carbocycles. The maximum absolute atomic E-state index is 11.7. The van der Waals surface area contributed by atoms with Crippen molar-refractivity contribution in [2.75, 3.05) is 18.5 Å². The Labute approximate surface area is 107 Å². The van der Waals surface area contributed by atoms with Crippen LogP contribution in [0.2, 0.25) is 0 Å². The van der Waals surface area contributed by atoms with Crippen LogP contribution in [0.15, 0.2) is 6.07 Å². The highest BCUT2D eigenvalue weighted by Crippen LogP contribution is 2.47. The van der Waals surface area contributed by atoms with Gasteiger partial charge >= 0.3 is 5.97 Å². The summed E-state index contributed by atoms with van der Waals surface area (Å²) < 4.78 is 6.97. The highest BCUT2D eigenvalue weighted by molar-refractivity contribution is 5.73. The second-order valence-corrected chi connectivity index (χ2v) is 5.29. The van der Waals surface area contributed by atoms with Crippen molar-refractivity contribution >= 4 is 11.8 Å². The van der Waals surface area contributed by atoms with E-state index in [1.54, 1.807) is 0 Å². The minimum atomic E-state index is -0.132.